The molecule has 1 aromatic heterocycles. The van der Waals surface area contributed by atoms with Crippen LogP contribution in [0, 0.1) is 5.82 Å². The highest BCUT2D eigenvalue weighted by Gasteiger charge is 2.27. The van der Waals surface area contributed by atoms with Crippen LogP contribution in [0.3, 0.4) is 0 Å². The van der Waals surface area contributed by atoms with Crippen LogP contribution in [0.1, 0.15) is 44.0 Å². The third-order valence-electron chi connectivity index (χ3n) is 3.47. The van der Waals surface area contributed by atoms with Crippen LogP contribution in [0.25, 0.3) is 0 Å². The fraction of sp³-hybridized carbons (Fsp3) is 0.562. The zero-order valence-electron chi connectivity index (χ0n) is 13.9. The van der Waals surface area contributed by atoms with E-state index < -0.39 is 17.5 Å². The van der Waals surface area contributed by atoms with Gasteiger partial charge in [0.05, 0.1) is 5.56 Å². The number of pyridine rings is 1. The van der Waals surface area contributed by atoms with Crippen LogP contribution in [0.15, 0.2) is 12.3 Å². The van der Waals surface area contributed by atoms with Gasteiger partial charge in [0.25, 0.3) is 5.91 Å². The molecule has 6 nitrogen and oxygen atoms in total. The molecule has 1 N–H and O–H groups in total. The van der Waals surface area contributed by atoms with E-state index in [2.05, 4.69) is 10.3 Å². The van der Waals surface area contributed by atoms with Gasteiger partial charge in [0.1, 0.15) is 5.60 Å². The van der Waals surface area contributed by atoms with Gasteiger partial charge in [-0.15, -0.1) is 0 Å². The molecule has 8 heteroatoms. The highest BCUT2D eigenvalue weighted by Crippen LogP contribution is 2.17. The van der Waals surface area contributed by atoms with Gasteiger partial charge in [-0.25, -0.2) is 14.2 Å². The van der Waals surface area contributed by atoms with Crippen molar-refractivity contribution in [3.8, 4) is 0 Å². The Hall–Kier alpha value is -1.89. The molecule has 0 radical (unpaired) electrons. The molecule has 2 rings (SSSR count). The lowest BCUT2D eigenvalue weighted by Crippen LogP contribution is -2.50. The van der Waals surface area contributed by atoms with Gasteiger partial charge in [-0.2, -0.15) is 0 Å². The lowest BCUT2D eigenvalue weighted by atomic mass is 10.0. The highest BCUT2D eigenvalue weighted by molar-refractivity contribution is 6.29. The average Bonchev–Trinajstić information content (AvgIpc) is 2.47. The van der Waals surface area contributed by atoms with Crippen LogP contribution in [0.4, 0.5) is 9.18 Å². The number of piperidine rings is 1. The van der Waals surface area contributed by atoms with Gasteiger partial charge in [-0.05, 0) is 39.7 Å². The number of aromatic nitrogens is 1. The Morgan fingerprint density at radius 2 is 2.17 bits per heavy atom. The summed E-state index contributed by atoms with van der Waals surface area (Å²) in [4.78, 5) is 29.5. The molecular formula is C16H21ClFN3O3. The lowest BCUT2D eigenvalue weighted by Gasteiger charge is -2.33. The van der Waals surface area contributed by atoms with E-state index in [0.29, 0.717) is 13.1 Å². The van der Waals surface area contributed by atoms with Crippen molar-refractivity contribution in [3.63, 3.8) is 0 Å². The number of hydrogen-bond donors (Lipinski definition) is 1. The Labute approximate surface area is 145 Å². The van der Waals surface area contributed by atoms with Gasteiger partial charge in [0.2, 0.25) is 0 Å². The van der Waals surface area contributed by atoms with Gasteiger partial charge in [-0.3, -0.25) is 4.79 Å². The van der Waals surface area contributed by atoms with Crippen LogP contribution in [0.2, 0.25) is 5.15 Å². The fourth-order valence-electron chi connectivity index (χ4n) is 2.47. The van der Waals surface area contributed by atoms with Gasteiger partial charge in [-0.1, -0.05) is 11.6 Å². The van der Waals surface area contributed by atoms with E-state index in [9.17, 15) is 14.0 Å². The summed E-state index contributed by atoms with van der Waals surface area (Å²) in [6.07, 6.45) is 2.21. The summed E-state index contributed by atoms with van der Waals surface area (Å²) in [6, 6.07) is 0.866. The summed E-state index contributed by atoms with van der Waals surface area (Å²) in [7, 11) is 0. The number of carbonyl (C=O) groups excluding carboxylic acids is 2. The molecule has 1 aliphatic rings. The molecule has 0 bridgehead atoms. The van der Waals surface area contributed by atoms with Gasteiger partial charge in [0.15, 0.2) is 11.0 Å². The predicted octanol–water partition coefficient (Wildman–Crippen LogP) is 3.00. The first-order valence-electron chi connectivity index (χ1n) is 7.75. The van der Waals surface area contributed by atoms with E-state index in [1.165, 1.54) is 6.20 Å². The number of alkyl carbamates (subject to hydrolysis) is 1. The maximum absolute atomic E-state index is 13.5. The van der Waals surface area contributed by atoms with Crippen molar-refractivity contribution in [1.29, 1.82) is 0 Å². The number of amides is 2. The Morgan fingerprint density at radius 3 is 2.79 bits per heavy atom. The molecular weight excluding hydrogens is 337 g/mol. The first-order valence-corrected chi connectivity index (χ1v) is 8.13. The predicted molar refractivity (Wildman–Crippen MR) is 87.5 cm³/mol. The van der Waals surface area contributed by atoms with E-state index in [-0.39, 0.29) is 22.7 Å². The monoisotopic (exact) mass is 357 g/mol. The summed E-state index contributed by atoms with van der Waals surface area (Å²) in [6.45, 7) is 6.22. The smallest absolute Gasteiger partial charge is 0.407 e. The molecule has 1 aromatic rings. The van der Waals surface area contributed by atoms with Gasteiger partial charge < -0.3 is 15.0 Å². The Morgan fingerprint density at radius 1 is 1.46 bits per heavy atom. The van der Waals surface area contributed by atoms with Crippen LogP contribution in [-0.2, 0) is 4.74 Å². The van der Waals surface area contributed by atoms with Crippen LogP contribution in [0.5, 0.6) is 0 Å². The molecule has 1 unspecified atom stereocenters. The van der Waals surface area contributed by atoms with Crippen molar-refractivity contribution < 1.29 is 18.7 Å². The van der Waals surface area contributed by atoms with Crippen molar-refractivity contribution >= 4 is 23.6 Å². The Bertz CT molecular complexity index is 633. The van der Waals surface area contributed by atoms with Crippen LogP contribution >= 0.6 is 11.6 Å². The molecule has 0 saturated carbocycles. The molecule has 0 aromatic carbocycles. The zero-order valence-corrected chi connectivity index (χ0v) is 14.7. The van der Waals surface area contributed by atoms with E-state index in [1.807, 2.05) is 0 Å². The summed E-state index contributed by atoms with van der Waals surface area (Å²) < 4.78 is 18.7. The number of halogens is 2. The minimum absolute atomic E-state index is 0.134. The maximum Gasteiger partial charge on any atom is 0.407 e. The van der Waals surface area contributed by atoms with Crippen molar-refractivity contribution in [2.75, 3.05) is 13.1 Å². The zero-order chi connectivity index (χ0) is 17.9. The Kier molecular flexibility index (Phi) is 5.64. The first kappa shape index (κ1) is 18.4. The number of ether oxygens (including phenoxy) is 1. The quantitative estimate of drug-likeness (QED) is 0.826. The number of likely N-dealkylation sites (tertiary alicyclic amines) is 1. The topological polar surface area (TPSA) is 71.5 Å². The molecule has 1 atom stereocenters. The second-order valence-electron chi connectivity index (χ2n) is 6.73. The summed E-state index contributed by atoms with van der Waals surface area (Å²) >= 11 is 5.53. The molecule has 1 fully saturated rings. The molecule has 2 heterocycles. The lowest BCUT2D eigenvalue weighted by molar-refractivity contribution is 0.0452. The van der Waals surface area contributed by atoms with Gasteiger partial charge in [0, 0.05) is 25.3 Å². The molecule has 24 heavy (non-hydrogen) atoms. The van der Waals surface area contributed by atoms with Gasteiger partial charge >= 0.3 is 6.09 Å². The molecule has 2 amide bonds. The molecule has 0 spiro atoms. The number of rotatable bonds is 2. The largest absolute Gasteiger partial charge is 0.444 e. The van der Waals surface area contributed by atoms with Crippen molar-refractivity contribution in [1.82, 2.24) is 15.2 Å². The van der Waals surface area contributed by atoms with E-state index in [1.54, 1.807) is 25.7 Å². The molecule has 1 saturated heterocycles. The number of hydrogen-bond acceptors (Lipinski definition) is 4. The minimum Gasteiger partial charge on any atom is -0.444 e. The fourth-order valence-corrected chi connectivity index (χ4v) is 2.58. The van der Waals surface area contributed by atoms with Crippen molar-refractivity contribution in [3.05, 3.63) is 28.8 Å². The van der Waals surface area contributed by atoms with Crippen LogP contribution < -0.4 is 5.32 Å². The number of carbonyl (C=O) groups is 2. The number of nitrogens with zero attached hydrogens (tertiary/aromatic N) is 2. The molecule has 0 aliphatic carbocycles. The standard InChI is InChI=1S/C16H21ClFN3O3/c1-16(2,3)24-15(23)20-11-5-4-6-21(9-11)14(22)10-7-12(18)13(17)19-8-10/h7-8,11H,4-6,9H2,1-3H3,(H,20,23). The third kappa shape index (κ3) is 5.06. The summed E-state index contributed by atoms with van der Waals surface area (Å²) in [5.41, 5.74) is -0.448. The van der Waals surface area contributed by atoms with E-state index >= 15 is 0 Å². The highest BCUT2D eigenvalue weighted by atomic mass is 35.5. The van der Waals surface area contributed by atoms with E-state index in [4.69, 9.17) is 16.3 Å². The average molecular weight is 358 g/mol. The second-order valence-corrected chi connectivity index (χ2v) is 7.09. The van der Waals surface area contributed by atoms with Crippen molar-refractivity contribution in [2.45, 2.75) is 45.3 Å². The summed E-state index contributed by atoms with van der Waals surface area (Å²) in [5.74, 6) is -1.07. The number of nitrogens with one attached hydrogen (secondary N) is 1. The van der Waals surface area contributed by atoms with E-state index in [0.717, 1.165) is 18.9 Å². The Balaban J connectivity index is 1.98. The minimum atomic E-state index is -0.733. The normalized spacial score (nSPS) is 18.2. The van der Waals surface area contributed by atoms with Crippen LogP contribution in [-0.4, -0.2) is 46.6 Å². The van der Waals surface area contributed by atoms with Crippen molar-refractivity contribution in [2.24, 2.45) is 0 Å². The maximum atomic E-state index is 13.5. The summed E-state index contributed by atoms with van der Waals surface area (Å²) in [5, 5.41) is 2.50. The third-order valence-corrected chi connectivity index (χ3v) is 3.75. The SMILES string of the molecule is CC(C)(C)OC(=O)NC1CCCN(C(=O)c2cnc(Cl)c(F)c2)C1. The molecule has 1 aliphatic heterocycles. The second kappa shape index (κ2) is 7.34. The first-order chi connectivity index (χ1) is 11.2. The molecule has 132 valence electrons.